The molecular formula is CH4Na2O4S. The minimum Gasteiger partial charge on any atom is -0.870 e. The van der Waals surface area contributed by atoms with Gasteiger partial charge >= 0.3 is 59.1 Å². The van der Waals surface area contributed by atoms with Crippen molar-refractivity contribution in [3.8, 4) is 0 Å². The molecule has 0 saturated heterocycles. The van der Waals surface area contributed by atoms with Crippen molar-refractivity contribution < 1.29 is 77.6 Å². The maximum Gasteiger partial charge on any atom is 1.00 e. The molecule has 0 heterocycles. The maximum absolute atomic E-state index is 9.08. The van der Waals surface area contributed by atoms with Gasteiger partial charge in [0, 0.05) is 6.26 Å². The monoisotopic (exact) mass is 158 g/mol. The predicted octanol–water partition coefficient (Wildman–Crippen LogP) is -7.01. The van der Waals surface area contributed by atoms with Crippen LogP contribution in [0.25, 0.3) is 0 Å². The molecule has 0 rings (SSSR count). The van der Waals surface area contributed by atoms with E-state index in [1.165, 1.54) is 0 Å². The van der Waals surface area contributed by atoms with E-state index in [-0.39, 0.29) is 64.6 Å². The van der Waals surface area contributed by atoms with Crippen LogP contribution in [0.3, 0.4) is 0 Å². The Bertz CT molecular complexity index is 97.2. The van der Waals surface area contributed by atoms with E-state index in [4.69, 9.17) is 13.0 Å². The SMILES string of the molecule is CS(=O)(=O)[O-].[Na+].[Na+].[OH-]. The summed E-state index contributed by atoms with van der Waals surface area (Å²) in [6.07, 6.45) is 0.604. The van der Waals surface area contributed by atoms with Crippen LogP contribution in [0.2, 0.25) is 0 Å². The van der Waals surface area contributed by atoms with Gasteiger partial charge in [0.15, 0.2) is 0 Å². The van der Waals surface area contributed by atoms with Crippen molar-refractivity contribution in [3.05, 3.63) is 0 Å². The van der Waals surface area contributed by atoms with Crippen LogP contribution in [-0.2, 0) is 10.1 Å². The summed E-state index contributed by atoms with van der Waals surface area (Å²) in [5.74, 6) is 0. The third-order valence-electron chi connectivity index (χ3n) is 0. The van der Waals surface area contributed by atoms with Gasteiger partial charge in [-0.05, 0) is 0 Å². The van der Waals surface area contributed by atoms with Gasteiger partial charge in [-0.2, -0.15) is 0 Å². The molecule has 0 aliphatic rings. The van der Waals surface area contributed by atoms with Gasteiger partial charge in [-0.25, -0.2) is 8.42 Å². The van der Waals surface area contributed by atoms with Gasteiger partial charge in [0.05, 0.1) is 10.1 Å². The van der Waals surface area contributed by atoms with Crippen LogP contribution < -0.4 is 59.1 Å². The number of hydrogen-bond donors (Lipinski definition) is 0. The third-order valence-corrected chi connectivity index (χ3v) is 0. The van der Waals surface area contributed by atoms with Crippen LogP contribution in [0.15, 0.2) is 0 Å². The molecule has 0 aromatic rings. The molecule has 0 amide bonds. The molecule has 0 unspecified atom stereocenters. The fraction of sp³-hybridized carbons (Fsp3) is 1.00. The van der Waals surface area contributed by atoms with Crippen molar-refractivity contribution in [1.82, 2.24) is 0 Å². The van der Waals surface area contributed by atoms with Gasteiger partial charge in [-0.1, -0.05) is 0 Å². The van der Waals surface area contributed by atoms with E-state index in [1.54, 1.807) is 0 Å². The molecule has 0 aromatic heterocycles. The van der Waals surface area contributed by atoms with Crippen LogP contribution in [0.4, 0.5) is 0 Å². The molecule has 0 aromatic carbocycles. The van der Waals surface area contributed by atoms with E-state index in [2.05, 4.69) is 0 Å². The molecular weight excluding hydrogens is 154 g/mol. The second-order valence-electron chi connectivity index (χ2n) is 0.704. The van der Waals surface area contributed by atoms with Crippen LogP contribution in [0, 0.1) is 0 Å². The summed E-state index contributed by atoms with van der Waals surface area (Å²) in [6.45, 7) is 0. The standard InChI is InChI=1S/CH4O3S.2Na.H2O/c1-5(2,3)4;;;/h1H3,(H,2,3,4);;;1H2/q;2*+1;/p-2. The number of hydrogen-bond acceptors (Lipinski definition) is 4. The van der Waals surface area contributed by atoms with Gasteiger partial charge in [0.2, 0.25) is 0 Å². The Labute approximate surface area is 92.7 Å². The second kappa shape index (κ2) is 8.87. The van der Waals surface area contributed by atoms with E-state index in [1.807, 2.05) is 0 Å². The Kier molecular flexibility index (Phi) is 25.0. The van der Waals surface area contributed by atoms with E-state index < -0.39 is 10.1 Å². The van der Waals surface area contributed by atoms with Crippen molar-refractivity contribution in [1.29, 1.82) is 0 Å². The molecule has 0 bridgehead atoms. The molecule has 4 nitrogen and oxygen atoms in total. The zero-order chi connectivity index (χ0) is 4.50. The first-order chi connectivity index (χ1) is 2.00. The van der Waals surface area contributed by atoms with Crippen molar-refractivity contribution in [3.63, 3.8) is 0 Å². The molecule has 0 aliphatic heterocycles. The van der Waals surface area contributed by atoms with Crippen LogP contribution >= 0.6 is 0 Å². The van der Waals surface area contributed by atoms with Gasteiger partial charge in [0.1, 0.15) is 0 Å². The van der Waals surface area contributed by atoms with E-state index >= 15 is 0 Å². The molecule has 1 N–H and O–H groups in total. The summed E-state index contributed by atoms with van der Waals surface area (Å²) in [7, 11) is -3.92. The Morgan fingerprint density at radius 1 is 1.25 bits per heavy atom. The molecule has 7 heteroatoms. The van der Waals surface area contributed by atoms with E-state index in [9.17, 15) is 0 Å². The Morgan fingerprint density at radius 2 is 1.25 bits per heavy atom. The Hall–Kier alpha value is 1.87. The van der Waals surface area contributed by atoms with Crippen LogP contribution in [0.5, 0.6) is 0 Å². The topological polar surface area (TPSA) is 87.2 Å². The van der Waals surface area contributed by atoms with Gasteiger partial charge in [-0.15, -0.1) is 0 Å². The normalized spacial score (nSPS) is 7.25. The van der Waals surface area contributed by atoms with Crippen molar-refractivity contribution in [2.45, 2.75) is 0 Å². The molecule has 0 aliphatic carbocycles. The summed E-state index contributed by atoms with van der Waals surface area (Å²) in [5, 5.41) is 0. The summed E-state index contributed by atoms with van der Waals surface area (Å²) in [4.78, 5) is 0. The number of rotatable bonds is 0. The largest absolute Gasteiger partial charge is 1.00 e. The minimum absolute atomic E-state index is 0. The molecule has 0 atom stereocenters. The molecule has 0 fully saturated rings. The zero-order valence-electron chi connectivity index (χ0n) is 5.08. The summed E-state index contributed by atoms with van der Waals surface area (Å²) in [5.41, 5.74) is 0. The zero-order valence-corrected chi connectivity index (χ0v) is 9.90. The first kappa shape index (κ1) is 22.5. The van der Waals surface area contributed by atoms with E-state index in [0.29, 0.717) is 6.26 Å². The predicted molar refractivity (Wildman–Crippen MR) is 17.6 cm³/mol. The summed E-state index contributed by atoms with van der Waals surface area (Å²) < 4.78 is 27.2. The fourth-order valence-corrected chi connectivity index (χ4v) is 0. The first-order valence-corrected chi connectivity index (χ1v) is 2.72. The Balaban J connectivity index is -0.0000000267. The van der Waals surface area contributed by atoms with Crippen molar-refractivity contribution >= 4 is 10.1 Å². The smallest absolute Gasteiger partial charge is 0.870 e. The van der Waals surface area contributed by atoms with Gasteiger partial charge in [0.25, 0.3) is 0 Å². The average molecular weight is 158 g/mol. The van der Waals surface area contributed by atoms with Gasteiger partial charge in [-0.3, -0.25) is 0 Å². The fourth-order valence-electron chi connectivity index (χ4n) is 0. The van der Waals surface area contributed by atoms with Gasteiger partial charge < -0.3 is 10.0 Å². The maximum atomic E-state index is 9.08. The molecule has 8 heavy (non-hydrogen) atoms. The minimum atomic E-state index is -3.92. The molecule has 0 saturated carbocycles. The van der Waals surface area contributed by atoms with Crippen LogP contribution in [0.1, 0.15) is 0 Å². The quantitative estimate of drug-likeness (QED) is 0.259. The second-order valence-corrected chi connectivity index (χ2v) is 2.11. The van der Waals surface area contributed by atoms with E-state index in [0.717, 1.165) is 0 Å². The first-order valence-electron chi connectivity index (χ1n) is 0.908. The summed E-state index contributed by atoms with van der Waals surface area (Å²) in [6, 6.07) is 0. The van der Waals surface area contributed by atoms with Crippen molar-refractivity contribution in [2.24, 2.45) is 0 Å². The third kappa shape index (κ3) is 106. The van der Waals surface area contributed by atoms with Crippen molar-refractivity contribution in [2.75, 3.05) is 6.26 Å². The molecule has 0 radical (unpaired) electrons. The molecule has 40 valence electrons. The summed E-state index contributed by atoms with van der Waals surface area (Å²) >= 11 is 0. The average Bonchev–Trinajstić information content (AvgIpc) is 0.722. The Morgan fingerprint density at radius 3 is 1.25 bits per heavy atom. The molecule has 0 spiro atoms. The van der Waals surface area contributed by atoms with Crippen LogP contribution in [-0.4, -0.2) is 24.7 Å².